The van der Waals surface area contributed by atoms with Crippen molar-refractivity contribution in [2.45, 2.75) is 53.5 Å². The van der Waals surface area contributed by atoms with E-state index in [1.54, 1.807) is 11.5 Å². The molecular formula is C30H35N3O3S. The Morgan fingerprint density at radius 2 is 1.73 bits per heavy atom. The van der Waals surface area contributed by atoms with Gasteiger partial charge in [-0.25, -0.2) is 9.79 Å². The smallest absolute Gasteiger partial charge is 0.338 e. The van der Waals surface area contributed by atoms with E-state index in [0.717, 1.165) is 29.9 Å². The first kappa shape index (κ1) is 26.6. The van der Waals surface area contributed by atoms with Gasteiger partial charge in [0, 0.05) is 18.8 Å². The van der Waals surface area contributed by atoms with Crippen LogP contribution in [-0.4, -0.2) is 30.2 Å². The number of rotatable bonds is 8. The van der Waals surface area contributed by atoms with Gasteiger partial charge in [-0.05, 0) is 68.5 Å². The van der Waals surface area contributed by atoms with E-state index < -0.39 is 12.0 Å². The number of aromatic nitrogens is 1. The number of hydrogen-bond acceptors (Lipinski definition) is 6. The van der Waals surface area contributed by atoms with Crippen molar-refractivity contribution in [3.05, 3.63) is 96.2 Å². The molecule has 0 bridgehead atoms. The van der Waals surface area contributed by atoms with Gasteiger partial charge in [0.25, 0.3) is 5.56 Å². The molecule has 0 amide bonds. The Kier molecular flexibility index (Phi) is 8.13. The normalized spacial score (nSPS) is 15.5. The van der Waals surface area contributed by atoms with E-state index in [2.05, 4.69) is 61.9 Å². The van der Waals surface area contributed by atoms with Crippen LogP contribution < -0.4 is 19.8 Å². The van der Waals surface area contributed by atoms with Crippen molar-refractivity contribution >= 4 is 29.1 Å². The summed E-state index contributed by atoms with van der Waals surface area (Å²) in [6.45, 7) is 14.3. The number of thiazole rings is 1. The first-order valence-corrected chi connectivity index (χ1v) is 13.7. The zero-order valence-corrected chi connectivity index (χ0v) is 23.3. The van der Waals surface area contributed by atoms with Gasteiger partial charge in [-0.3, -0.25) is 9.36 Å². The molecule has 4 rings (SSSR count). The molecule has 194 valence electrons. The van der Waals surface area contributed by atoms with Crippen LogP contribution in [0.15, 0.2) is 69.6 Å². The lowest BCUT2D eigenvalue weighted by Gasteiger charge is -2.25. The maximum atomic E-state index is 13.8. The second kappa shape index (κ2) is 11.3. The van der Waals surface area contributed by atoms with E-state index in [4.69, 9.17) is 4.74 Å². The monoisotopic (exact) mass is 517 g/mol. The fourth-order valence-corrected chi connectivity index (χ4v) is 5.74. The van der Waals surface area contributed by atoms with Gasteiger partial charge in [-0.1, -0.05) is 61.6 Å². The van der Waals surface area contributed by atoms with Crippen LogP contribution >= 0.6 is 11.3 Å². The molecule has 0 unspecified atom stereocenters. The zero-order chi connectivity index (χ0) is 26.7. The summed E-state index contributed by atoms with van der Waals surface area (Å²) >= 11 is 1.35. The SMILES string of the molecule is CCOC(=O)C1=C(C)N=c2s/c(=C\c3ccc(N(CC)CC)cc3)c(=O)n2[C@H]1c1ccc(C(C)C)cc1. The van der Waals surface area contributed by atoms with Crippen molar-refractivity contribution in [2.24, 2.45) is 4.99 Å². The molecule has 2 heterocycles. The van der Waals surface area contributed by atoms with E-state index >= 15 is 0 Å². The average Bonchev–Trinajstić information content (AvgIpc) is 3.19. The Hall–Kier alpha value is -3.45. The predicted molar refractivity (Wildman–Crippen MR) is 151 cm³/mol. The maximum absolute atomic E-state index is 13.8. The summed E-state index contributed by atoms with van der Waals surface area (Å²) in [6.07, 6.45) is 1.90. The van der Waals surface area contributed by atoms with Gasteiger partial charge < -0.3 is 9.64 Å². The van der Waals surface area contributed by atoms with E-state index in [1.807, 2.05) is 37.3 Å². The molecule has 0 saturated heterocycles. The van der Waals surface area contributed by atoms with Gasteiger partial charge in [0.15, 0.2) is 4.80 Å². The number of carbonyl (C=O) groups excluding carboxylic acids is 1. The lowest BCUT2D eigenvalue weighted by Crippen LogP contribution is -2.39. The number of carbonyl (C=O) groups is 1. The van der Waals surface area contributed by atoms with Gasteiger partial charge in [-0.15, -0.1) is 0 Å². The lowest BCUT2D eigenvalue weighted by molar-refractivity contribution is -0.139. The number of esters is 1. The van der Waals surface area contributed by atoms with Crippen LogP contribution in [0.25, 0.3) is 6.08 Å². The van der Waals surface area contributed by atoms with Crippen LogP contribution in [0.4, 0.5) is 5.69 Å². The summed E-state index contributed by atoms with van der Waals surface area (Å²) < 4.78 is 7.61. The predicted octanol–water partition coefficient (Wildman–Crippen LogP) is 4.77. The van der Waals surface area contributed by atoms with Gasteiger partial charge in [0.05, 0.1) is 28.5 Å². The van der Waals surface area contributed by atoms with Crippen LogP contribution in [0.1, 0.15) is 70.2 Å². The molecule has 0 spiro atoms. The molecule has 7 heteroatoms. The van der Waals surface area contributed by atoms with Crippen LogP contribution in [0.3, 0.4) is 0 Å². The third-order valence-electron chi connectivity index (χ3n) is 6.76. The van der Waals surface area contributed by atoms with Crippen molar-refractivity contribution in [1.29, 1.82) is 0 Å². The molecular weight excluding hydrogens is 482 g/mol. The van der Waals surface area contributed by atoms with E-state index in [0.29, 0.717) is 26.5 Å². The summed E-state index contributed by atoms with van der Waals surface area (Å²) in [4.78, 5) is 34.4. The number of allylic oxidation sites excluding steroid dienone is 1. The second-order valence-electron chi connectivity index (χ2n) is 9.39. The van der Waals surface area contributed by atoms with Gasteiger partial charge in [-0.2, -0.15) is 0 Å². The van der Waals surface area contributed by atoms with E-state index in [9.17, 15) is 9.59 Å². The quantitative estimate of drug-likeness (QED) is 0.404. The fourth-order valence-electron chi connectivity index (χ4n) is 4.69. The summed E-state index contributed by atoms with van der Waals surface area (Å²) in [5.41, 5.74) is 4.97. The standard InChI is InChI=1S/C30H35N3O3S/c1-7-32(8-2)24-16-10-21(11-17-24)18-25-28(34)33-27(23-14-12-22(13-15-23)19(4)5)26(29(35)36-9-3)20(6)31-30(33)37-25/h10-19,27H,7-9H2,1-6H3/b25-18-/t27-/m0/s1. The molecule has 0 saturated carbocycles. The minimum atomic E-state index is -0.594. The van der Waals surface area contributed by atoms with E-state index in [1.165, 1.54) is 16.9 Å². The molecule has 0 N–H and O–H groups in total. The van der Waals surface area contributed by atoms with Crippen molar-refractivity contribution in [3.63, 3.8) is 0 Å². The minimum absolute atomic E-state index is 0.163. The number of fused-ring (bicyclic) bond motifs is 1. The molecule has 3 aromatic rings. The van der Waals surface area contributed by atoms with E-state index in [-0.39, 0.29) is 12.2 Å². The number of ether oxygens (including phenoxy) is 1. The van der Waals surface area contributed by atoms with Gasteiger partial charge in [0.2, 0.25) is 0 Å². The molecule has 0 fully saturated rings. The average molecular weight is 518 g/mol. The third kappa shape index (κ3) is 5.32. The largest absolute Gasteiger partial charge is 0.463 e. The molecule has 6 nitrogen and oxygen atoms in total. The molecule has 0 aliphatic carbocycles. The van der Waals surface area contributed by atoms with Crippen LogP contribution in [0.5, 0.6) is 0 Å². The van der Waals surface area contributed by atoms with Crippen LogP contribution in [0, 0.1) is 0 Å². The number of hydrogen-bond donors (Lipinski definition) is 0. The van der Waals surface area contributed by atoms with Gasteiger partial charge in [0.1, 0.15) is 0 Å². The summed E-state index contributed by atoms with van der Waals surface area (Å²) in [7, 11) is 0. The molecule has 1 atom stereocenters. The molecule has 1 aliphatic heterocycles. The number of nitrogens with zero attached hydrogens (tertiary/aromatic N) is 3. The molecule has 0 radical (unpaired) electrons. The van der Waals surface area contributed by atoms with Crippen LogP contribution in [0.2, 0.25) is 0 Å². The highest BCUT2D eigenvalue weighted by Crippen LogP contribution is 2.31. The molecule has 37 heavy (non-hydrogen) atoms. The highest BCUT2D eigenvalue weighted by Gasteiger charge is 2.33. The Balaban J connectivity index is 1.84. The van der Waals surface area contributed by atoms with Crippen molar-refractivity contribution in [3.8, 4) is 0 Å². The summed E-state index contributed by atoms with van der Waals surface area (Å²) in [5.74, 6) is -0.0612. The Morgan fingerprint density at radius 1 is 1.08 bits per heavy atom. The van der Waals surface area contributed by atoms with Crippen molar-refractivity contribution in [2.75, 3.05) is 24.6 Å². The second-order valence-corrected chi connectivity index (χ2v) is 10.4. The Bertz CT molecular complexity index is 1470. The fraction of sp³-hybridized carbons (Fsp3) is 0.367. The first-order chi connectivity index (χ1) is 17.8. The summed E-state index contributed by atoms with van der Waals surface area (Å²) in [6, 6.07) is 15.8. The Morgan fingerprint density at radius 3 is 2.30 bits per heavy atom. The lowest BCUT2D eigenvalue weighted by atomic mass is 9.93. The zero-order valence-electron chi connectivity index (χ0n) is 22.4. The van der Waals surface area contributed by atoms with Crippen LogP contribution in [-0.2, 0) is 9.53 Å². The maximum Gasteiger partial charge on any atom is 0.338 e. The highest BCUT2D eigenvalue weighted by atomic mass is 32.1. The van der Waals surface area contributed by atoms with Crippen molar-refractivity contribution in [1.82, 2.24) is 4.57 Å². The summed E-state index contributed by atoms with van der Waals surface area (Å²) in [5, 5.41) is 0. The molecule has 1 aliphatic rings. The Labute approximate surface area is 222 Å². The van der Waals surface area contributed by atoms with Gasteiger partial charge >= 0.3 is 5.97 Å². The highest BCUT2D eigenvalue weighted by molar-refractivity contribution is 7.07. The number of benzene rings is 2. The third-order valence-corrected chi connectivity index (χ3v) is 7.74. The topological polar surface area (TPSA) is 63.9 Å². The first-order valence-electron chi connectivity index (χ1n) is 12.9. The number of anilines is 1. The minimum Gasteiger partial charge on any atom is -0.463 e. The molecule has 2 aromatic carbocycles. The van der Waals surface area contributed by atoms with Crippen molar-refractivity contribution < 1.29 is 9.53 Å². The molecule has 1 aromatic heterocycles.